The number of amides is 3. The highest BCUT2D eigenvalue weighted by molar-refractivity contribution is 6.30. The highest BCUT2D eigenvalue weighted by atomic mass is 35.5. The molecule has 2 aromatic rings. The van der Waals surface area contributed by atoms with Crippen molar-refractivity contribution in [1.29, 1.82) is 0 Å². The molecule has 32 heavy (non-hydrogen) atoms. The summed E-state index contributed by atoms with van der Waals surface area (Å²) < 4.78 is 0. The smallest absolute Gasteiger partial charge is 0.320 e. The average Bonchev–Trinajstić information content (AvgIpc) is 3.35. The lowest BCUT2D eigenvalue weighted by molar-refractivity contribution is -0.124. The normalized spacial score (nSPS) is 18.8. The van der Waals surface area contributed by atoms with E-state index in [1.54, 1.807) is 24.3 Å². The van der Waals surface area contributed by atoms with Crippen molar-refractivity contribution in [2.75, 3.05) is 18.4 Å². The number of nitrogens with one attached hydrogen (secondary N) is 3. The summed E-state index contributed by atoms with van der Waals surface area (Å²) in [5, 5.41) is 9.38. The Morgan fingerprint density at radius 1 is 0.906 bits per heavy atom. The fourth-order valence-corrected chi connectivity index (χ4v) is 4.87. The second-order valence-corrected chi connectivity index (χ2v) is 9.14. The number of hydrogen-bond acceptors (Lipinski definition) is 3. The van der Waals surface area contributed by atoms with Gasteiger partial charge in [0.15, 0.2) is 0 Å². The van der Waals surface area contributed by atoms with Crippen LogP contribution < -0.4 is 16.0 Å². The van der Waals surface area contributed by atoms with Crippen molar-refractivity contribution in [2.24, 2.45) is 0 Å². The third-order valence-corrected chi connectivity index (χ3v) is 6.74. The number of rotatable bonds is 6. The second kappa shape index (κ2) is 10.8. The summed E-state index contributed by atoms with van der Waals surface area (Å²) in [5.41, 5.74) is 1.36. The van der Waals surface area contributed by atoms with Gasteiger partial charge in [-0.2, -0.15) is 0 Å². The van der Waals surface area contributed by atoms with E-state index >= 15 is 0 Å². The molecule has 2 fully saturated rings. The molecule has 0 aromatic heterocycles. The first-order valence-electron chi connectivity index (χ1n) is 11.5. The van der Waals surface area contributed by atoms with Crippen LogP contribution in [-0.4, -0.2) is 42.0 Å². The van der Waals surface area contributed by atoms with Crippen LogP contribution in [0.3, 0.4) is 0 Å². The van der Waals surface area contributed by atoms with E-state index in [2.05, 4.69) is 20.9 Å². The van der Waals surface area contributed by atoms with Gasteiger partial charge in [0, 0.05) is 35.9 Å². The zero-order chi connectivity index (χ0) is 22.3. The molecule has 4 rings (SSSR count). The molecule has 1 saturated heterocycles. The molecule has 2 aliphatic rings. The molecule has 3 amide bonds. The fourth-order valence-electron chi connectivity index (χ4n) is 4.74. The van der Waals surface area contributed by atoms with Crippen molar-refractivity contribution in [3.8, 4) is 0 Å². The summed E-state index contributed by atoms with van der Waals surface area (Å²) in [6.07, 6.45) is 7.18. The molecule has 7 heteroatoms. The molecular formula is C25H31ClN4O2. The third-order valence-electron chi connectivity index (χ3n) is 6.49. The van der Waals surface area contributed by atoms with Gasteiger partial charge in [-0.25, -0.2) is 4.79 Å². The van der Waals surface area contributed by atoms with Gasteiger partial charge in [0.1, 0.15) is 6.04 Å². The molecule has 0 radical (unpaired) electrons. The number of hydrogen-bond donors (Lipinski definition) is 3. The molecule has 1 aliphatic heterocycles. The lowest BCUT2D eigenvalue weighted by Gasteiger charge is -2.36. The number of benzene rings is 2. The number of anilines is 1. The van der Waals surface area contributed by atoms with Crippen LogP contribution in [0.2, 0.25) is 5.02 Å². The molecule has 1 saturated carbocycles. The summed E-state index contributed by atoms with van der Waals surface area (Å²) in [5.74, 6) is -0.179. The van der Waals surface area contributed by atoms with Crippen molar-refractivity contribution >= 4 is 29.2 Å². The van der Waals surface area contributed by atoms with E-state index in [1.165, 1.54) is 25.7 Å². The first-order valence-corrected chi connectivity index (χ1v) is 11.9. The van der Waals surface area contributed by atoms with Crippen LogP contribution in [0, 0.1) is 0 Å². The topological polar surface area (TPSA) is 73.5 Å². The molecule has 1 heterocycles. The Morgan fingerprint density at radius 3 is 2.22 bits per heavy atom. The van der Waals surface area contributed by atoms with Gasteiger partial charge in [-0.05, 0) is 55.5 Å². The van der Waals surface area contributed by atoms with Crippen LogP contribution in [0.1, 0.15) is 50.1 Å². The highest BCUT2D eigenvalue weighted by Crippen LogP contribution is 2.26. The molecule has 6 nitrogen and oxygen atoms in total. The van der Waals surface area contributed by atoms with Crippen LogP contribution in [0.4, 0.5) is 10.5 Å². The zero-order valence-corrected chi connectivity index (χ0v) is 19.0. The number of piperidine rings is 1. The second-order valence-electron chi connectivity index (χ2n) is 8.71. The molecule has 0 bridgehead atoms. The van der Waals surface area contributed by atoms with Gasteiger partial charge in [0.25, 0.3) is 0 Å². The molecule has 0 spiro atoms. The standard InChI is InChI=1S/C25H31ClN4O2/c26-19-10-12-20(13-11-19)28-25(32)29-23(18-6-2-1-3-7-18)24(31)27-21-14-16-30(17-15-21)22-8-4-5-9-22/h1-3,6-7,10-13,21-23H,4-5,8-9,14-17H2,(H,27,31)(H2,28,29,32)/t23-/m1/s1. The van der Waals surface area contributed by atoms with Gasteiger partial charge >= 0.3 is 6.03 Å². The Labute approximate surface area is 194 Å². The van der Waals surface area contributed by atoms with Crippen LogP contribution in [-0.2, 0) is 4.79 Å². The van der Waals surface area contributed by atoms with Gasteiger partial charge in [-0.15, -0.1) is 0 Å². The van der Waals surface area contributed by atoms with Crippen molar-refractivity contribution in [2.45, 2.75) is 56.7 Å². The molecule has 2 aromatic carbocycles. The third kappa shape index (κ3) is 6.02. The van der Waals surface area contributed by atoms with E-state index < -0.39 is 12.1 Å². The minimum atomic E-state index is -0.767. The molecule has 1 atom stereocenters. The minimum absolute atomic E-state index is 0.132. The molecule has 170 valence electrons. The molecule has 1 aliphatic carbocycles. The van der Waals surface area contributed by atoms with Gasteiger partial charge in [0.2, 0.25) is 5.91 Å². The average molecular weight is 455 g/mol. The summed E-state index contributed by atoms with van der Waals surface area (Å²) in [6, 6.07) is 15.8. The Hall–Kier alpha value is -2.57. The van der Waals surface area contributed by atoms with Crippen LogP contribution in [0.25, 0.3) is 0 Å². The van der Waals surface area contributed by atoms with Crippen molar-refractivity contribution in [3.05, 3.63) is 65.2 Å². The first kappa shape index (κ1) is 22.6. The number of likely N-dealkylation sites (tertiary alicyclic amines) is 1. The van der Waals surface area contributed by atoms with E-state index in [-0.39, 0.29) is 11.9 Å². The number of urea groups is 1. The zero-order valence-electron chi connectivity index (χ0n) is 18.2. The predicted molar refractivity (Wildman–Crippen MR) is 128 cm³/mol. The summed E-state index contributed by atoms with van der Waals surface area (Å²) in [7, 11) is 0. The number of carbonyl (C=O) groups is 2. The van der Waals surface area contributed by atoms with E-state index in [0.29, 0.717) is 10.7 Å². The largest absolute Gasteiger partial charge is 0.351 e. The molecule has 3 N–H and O–H groups in total. The fraction of sp³-hybridized carbons (Fsp3) is 0.440. The Morgan fingerprint density at radius 2 is 1.56 bits per heavy atom. The van der Waals surface area contributed by atoms with Crippen LogP contribution in [0.5, 0.6) is 0 Å². The van der Waals surface area contributed by atoms with E-state index in [0.717, 1.165) is 37.5 Å². The summed E-state index contributed by atoms with van der Waals surface area (Å²) in [4.78, 5) is 28.4. The number of nitrogens with zero attached hydrogens (tertiary/aromatic N) is 1. The van der Waals surface area contributed by atoms with E-state index in [1.807, 2.05) is 30.3 Å². The van der Waals surface area contributed by atoms with E-state index in [4.69, 9.17) is 11.6 Å². The predicted octanol–water partition coefficient (Wildman–Crippen LogP) is 4.73. The maximum Gasteiger partial charge on any atom is 0.320 e. The van der Waals surface area contributed by atoms with E-state index in [9.17, 15) is 9.59 Å². The van der Waals surface area contributed by atoms with Gasteiger partial charge < -0.3 is 20.9 Å². The Bertz CT molecular complexity index is 892. The van der Waals surface area contributed by atoms with Crippen LogP contribution in [0.15, 0.2) is 54.6 Å². The maximum absolute atomic E-state index is 13.2. The maximum atomic E-state index is 13.2. The SMILES string of the molecule is O=C(Nc1ccc(Cl)cc1)N[C@@H](C(=O)NC1CCN(C2CCCC2)CC1)c1ccccc1. The Balaban J connectivity index is 1.36. The van der Waals surface area contributed by atoms with Gasteiger partial charge in [-0.1, -0.05) is 54.8 Å². The van der Waals surface area contributed by atoms with Crippen molar-refractivity contribution in [3.63, 3.8) is 0 Å². The van der Waals surface area contributed by atoms with Crippen LogP contribution >= 0.6 is 11.6 Å². The summed E-state index contributed by atoms with van der Waals surface area (Å²) >= 11 is 5.91. The van der Waals surface area contributed by atoms with Gasteiger partial charge in [-0.3, -0.25) is 4.79 Å². The first-order chi connectivity index (χ1) is 15.6. The monoisotopic (exact) mass is 454 g/mol. The van der Waals surface area contributed by atoms with Crippen molar-refractivity contribution in [1.82, 2.24) is 15.5 Å². The molecular weight excluding hydrogens is 424 g/mol. The highest BCUT2D eigenvalue weighted by Gasteiger charge is 2.30. The minimum Gasteiger partial charge on any atom is -0.351 e. The molecule has 0 unspecified atom stereocenters. The quantitative estimate of drug-likeness (QED) is 0.591. The Kier molecular flexibility index (Phi) is 7.66. The number of carbonyl (C=O) groups excluding carboxylic acids is 2. The lowest BCUT2D eigenvalue weighted by Crippen LogP contribution is -2.50. The lowest BCUT2D eigenvalue weighted by atomic mass is 10.0. The van der Waals surface area contributed by atoms with Crippen molar-refractivity contribution < 1.29 is 9.59 Å². The number of halogens is 1. The van der Waals surface area contributed by atoms with Gasteiger partial charge in [0.05, 0.1) is 0 Å². The summed E-state index contributed by atoms with van der Waals surface area (Å²) in [6.45, 7) is 2.05.